The van der Waals surface area contributed by atoms with E-state index in [0.29, 0.717) is 12.5 Å². The lowest BCUT2D eigenvalue weighted by Crippen LogP contribution is -2.41. The second-order valence-electron chi connectivity index (χ2n) is 5.69. The van der Waals surface area contributed by atoms with Crippen molar-refractivity contribution in [1.29, 1.82) is 0 Å². The summed E-state index contributed by atoms with van der Waals surface area (Å²) in [6.45, 7) is 0.339. The Morgan fingerprint density at radius 2 is 1.59 bits per heavy atom. The highest BCUT2D eigenvalue weighted by molar-refractivity contribution is 7.89. The normalized spacial score (nSPS) is 16.4. The van der Waals surface area contributed by atoms with Gasteiger partial charge in [-0.3, -0.25) is 0 Å². The van der Waals surface area contributed by atoms with Crippen molar-refractivity contribution in [2.45, 2.75) is 23.8 Å². The Morgan fingerprint density at radius 3 is 2.14 bits per heavy atom. The van der Waals surface area contributed by atoms with Crippen molar-refractivity contribution in [1.82, 2.24) is 4.72 Å². The van der Waals surface area contributed by atoms with Crippen molar-refractivity contribution < 1.29 is 8.42 Å². The zero-order valence-electron chi connectivity index (χ0n) is 12.3. The van der Waals surface area contributed by atoms with Crippen LogP contribution in [0.15, 0.2) is 59.5 Å². The molecule has 1 atom stereocenters. The molecule has 2 aromatic rings. The van der Waals surface area contributed by atoms with Crippen LogP contribution in [0.2, 0.25) is 0 Å². The van der Waals surface area contributed by atoms with Crippen molar-refractivity contribution >= 4 is 10.0 Å². The topological polar surface area (TPSA) is 72.2 Å². The first kappa shape index (κ1) is 15.2. The summed E-state index contributed by atoms with van der Waals surface area (Å²) in [7, 11) is -3.51. The molecule has 5 heteroatoms. The molecule has 1 unspecified atom stereocenters. The van der Waals surface area contributed by atoms with Crippen LogP contribution in [0.25, 0.3) is 11.1 Å². The standard InChI is InChI=1S/C17H20N2O2S/c18-12-17(15-6-7-15)19-22(20,21)16-10-8-14(9-11-16)13-4-2-1-3-5-13/h1-5,8-11,15,17,19H,6-7,12,18H2. The second kappa shape index (κ2) is 6.20. The van der Waals surface area contributed by atoms with Crippen molar-refractivity contribution in [2.24, 2.45) is 11.7 Å². The Bertz CT molecular complexity index is 723. The summed E-state index contributed by atoms with van der Waals surface area (Å²) in [6.07, 6.45) is 2.11. The Hall–Kier alpha value is -1.69. The van der Waals surface area contributed by atoms with Gasteiger partial charge >= 0.3 is 0 Å². The maximum absolute atomic E-state index is 12.4. The Morgan fingerprint density at radius 1 is 1.00 bits per heavy atom. The fourth-order valence-corrected chi connectivity index (χ4v) is 3.88. The quantitative estimate of drug-likeness (QED) is 0.859. The summed E-state index contributed by atoms with van der Waals surface area (Å²) in [5.74, 6) is 0.392. The zero-order chi connectivity index (χ0) is 15.6. The van der Waals surface area contributed by atoms with Crippen molar-refractivity contribution in [2.75, 3.05) is 6.54 Å². The van der Waals surface area contributed by atoms with Gasteiger partial charge in [-0.1, -0.05) is 42.5 Å². The van der Waals surface area contributed by atoms with Crippen LogP contribution in [0, 0.1) is 5.92 Å². The molecule has 0 amide bonds. The molecule has 116 valence electrons. The third kappa shape index (κ3) is 3.38. The van der Waals surface area contributed by atoms with E-state index in [1.807, 2.05) is 42.5 Å². The minimum absolute atomic E-state index is 0.154. The van der Waals surface area contributed by atoms with Crippen molar-refractivity contribution in [3.05, 3.63) is 54.6 Å². The molecule has 3 N–H and O–H groups in total. The smallest absolute Gasteiger partial charge is 0.240 e. The Balaban J connectivity index is 1.79. The van der Waals surface area contributed by atoms with Crippen molar-refractivity contribution in [3.63, 3.8) is 0 Å². The second-order valence-corrected chi connectivity index (χ2v) is 7.41. The molecule has 0 aromatic heterocycles. The highest BCUT2D eigenvalue weighted by atomic mass is 32.2. The van der Waals surface area contributed by atoms with E-state index in [2.05, 4.69) is 4.72 Å². The van der Waals surface area contributed by atoms with Crippen LogP contribution in [0.4, 0.5) is 0 Å². The van der Waals surface area contributed by atoms with Crippen LogP contribution in [-0.4, -0.2) is 21.0 Å². The number of nitrogens with two attached hydrogens (primary N) is 1. The van der Waals surface area contributed by atoms with Crippen LogP contribution in [0.5, 0.6) is 0 Å². The van der Waals surface area contributed by atoms with Crippen LogP contribution in [-0.2, 0) is 10.0 Å². The Labute approximate surface area is 131 Å². The number of sulfonamides is 1. The first-order valence-electron chi connectivity index (χ1n) is 7.48. The number of nitrogens with one attached hydrogen (secondary N) is 1. The monoisotopic (exact) mass is 316 g/mol. The van der Waals surface area contributed by atoms with Gasteiger partial charge in [0.2, 0.25) is 10.0 Å². The summed E-state index contributed by atoms with van der Waals surface area (Å²) in [4.78, 5) is 0.284. The molecule has 1 fully saturated rings. The predicted octanol–water partition coefficient (Wildman–Crippen LogP) is 2.37. The number of rotatable bonds is 6. The van der Waals surface area contributed by atoms with E-state index in [-0.39, 0.29) is 10.9 Å². The van der Waals surface area contributed by atoms with Gasteiger partial charge in [0, 0.05) is 12.6 Å². The van der Waals surface area contributed by atoms with Gasteiger partial charge < -0.3 is 5.73 Å². The van der Waals surface area contributed by atoms with Crippen LogP contribution in [0.3, 0.4) is 0 Å². The molecule has 1 aliphatic rings. The molecule has 1 saturated carbocycles. The number of hydrogen-bond donors (Lipinski definition) is 2. The minimum atomic E-state index is -3.51. The third-order valence-electron chi connectivity index (χ3n) is 4.02. The van der Waals surface area contributed by atoms with E-state index in [0.717, 1.165) is 24.0 Å². The maximum Gasteiger partial charge on any atom is 0.240 e. The van der Waals surface area contributed by atoms with E-state index >= 15 is 0 Å². The molecule has 4 nitrogen and oxygen atoms in total. The average molecular weight is 316 g/mol. The zero-order valence-corrected chi connectivity index (χ0v) is 13.1. The molecule has 0 aliphatic heterocycles. The molecule has 0 radical (unpaired) electrons. The maximum atomic E-state index is 12.4. The summed E-state index contributed by atoms with van der Waals surface area (Å²) in [5.41, 5.74) is 7.74. The average Bonchev–Trinajstić information content (AvgIpc) is 3.38. The first-order chi connectivity index (χ1) is 10.6. The van der Waals surface area contributed by atoms with Gasteiger partial charge in [0.1, 0.15) is 0 Å². The summed E-state index contributed by atoms with van der Waals surface area (Å²) < 4.78 is 27.6. The lowest BCUT2D eigenvalue weighted by Gasteiger charge is -2.16. The van der Waals surface area contributed by atoms with Gasteiger partial charge in [-0.25, -0.2) is 13.1 Å². The lowest BCUT2D eigenvalue weighted by atomic mass is 10.1. The van der Waals surface area contributed by atoms with Gasteiger partial charge in [0.15, 0.2) is 0 Å². The lowest BCUT2D eigenvalue weighted by molar-refractivity contribution is 0.519. The van der Waals surface area contributed by atoms with Crippen LogP contribution < -0.4 is 10.5 Å². The van der Waals surface area contributed by atoms with Gasteiger partial charge in [-0.15, -0.1) is 0 Å². The third-order valence-corrected chi connectivity index (χ3v) is 5.53. The minimum Gasteiger partial charge on any atom is -0.329 e. The highest BCUT2D eigenvalue weighted by Crippen LogP contribution is 2.33. The SMILES string of the molecule is NCC(NS(=O)(=O)c1ccc(-c2ccccc2)cc1)C1CC1. The van der Waals surface area contributed by atoms with E-state index < -0.39 is 10.0 Å². The number of hydrogen-bond acceptors (Lipinski definition) is 3. The number of benzene rings is 2. The van der Waals surface area contributed by atoms with E-state index in [1.54, 1.807) is 12.1 Å². The van der Waals surface area contributed by atoms with E-state index in [1.165, 1.54) is 0 Å². The predicted molar refractivity (Wildman–Crippen MR) is 87.8 cm³/mol. The molecule has 0 bridgehead atoms. The highest BCUT2D eigenvalue weighted by Gasteiger charge is 2.33. The molecule has 2 aromatic carbocycles. The van der Waals surface area contributed by atoms with Crippen molar-refractivity contribution in [3.8, 4) is 11.1 Å². The molecule has 22 heavy (non-hydrogen) atoms. The first-order valence-corrected chi connectivity index (χ1v) is 8.96. The summed E-state index contributed by atoms with van der Waals surface area (Å²) in [6, 6.07) is 16.7. The van der Waals surface area contributed by atoms with E-state index in [4.69, 9.17) is 5.73 Å². The fraction of sp³-hybridized carbons (Fsp3) is 0.294. The van der Waals surface area contributed by atoms with Gasteiger partial charge in [-0.2, -0.15) is 0 Å². The largest absolute Gasteiger partial charge is 0.329 e. The Kier molecular flexibility index (Phi) is 4.29. The summed E-state index contributed by atoms with van der Waals surface area (Å²) >= 11 is 0. The van der Waals surface area contributed by atoms with Gasteiger partial charge in [0.05, 0.1) is 4.90 Å². The van der Waals surface area contributed by atoms with Crippen LogP contribution in [0.1, 0.15) is 12.8 Å². The molecule has 0 heterocycles. The molecule has 3 rings (SSSR count). The molecular weight excluding hydrogens is 296 g/mol. The molecule has 0 spiro atoms. The molecule has 1 aliphatic carbocycles. The molecule has 0 saturated heterocycles. The fourth-order valence-electron chi connectivity index (χ4n) is 2.56. The van der Waals surface area contributed by atoms with Gasteiger partial charge in [-0.05, 0) is 42.0 Å². The van der Waals surface area contributed by atoms with Crippen LogP contribution >= 0.6 is 0 Å². The van der Waals surface area contributed by atoms with E-state index in [9.17, 15) is 8.42 Å². The molecular formula is C17H20N2O2S. The van der Waals surface area contributed by atoms with Gasteiger partial charge in [0.25, 0.3) is 0 Å². The summed E-state index contributed by atoms with van der Waals surface area (Å²) in [5, 5.41) is 0.